The van der Waals surface area contributed by atoms with Gasteiger partial charge in [0.05, 0.1) is 29.5 Å². The molecule has 0 bridgehead atoms. The molecule has 0 unspecified atom stereocenters. The minimum Gasteiger partial charge on any atom is -0.327 e. The van der Waals surface area contributed by atoms with Gasteiger partial charge in [0.25, 0.3) is 5.91 Å². The van der Waals surface area contributed by atoms with Crippen LogP contribution in [0.4, 0.5) is 0 Å². The molecule has 0 aliphatic carbocycles. The van der Waals surface area contributed by atoms with E-state index in [2.05, 4.69) is 41.6 Å². The largest absolute Gasteiger partial charge is 0.327 e. The number of hydrogen-bond donors (Lipinski definition) is 0. The van der Waals surface area contributed by atoms with Crippen LogP contribution in [0.15, 0.2) is 48.1 Å². The molecule has 1 aliphatic heterocycles. The summed E-state index contributed by atoms with van der Waals surface area (Å²) in [5.41, 5.74) is 6.05. The van der Waals surface area contributed by atoms with Crippen LogP contribution in [-0.4, -0.2) is 30.1 Å². The average molecular weight is 404 g/mol. The Hall–Kier alpha value is -3.19. The summed E-state index contributed by atoms with van der Waals surface area (Å²) < 4.78 is 4.06. The van der Waals surface area contributed by atoms with Crippen LogP contribution in [0, 0.1) is 20.8 Å². The molecule has 0 saturated heterocycles. The lowest BCUT2D eigenvalue weighted by Crippen LogP contribution is -2.26. The lowest BCUT2D eigenvalue weighted by atomic mass is 10.1. The summed E-state index contributed by atoms with van der Waals surface area (Å²) >= 11 is 1.50. The van der Waals surface area contributed by atoms with Crippen molar-refractivity contribution in [2.45, 2.75) is 33.9 Å². The second-order valence-electron chi connectivity index (χ2n) is 7.43. The maximum atomic E-state index is 12.9. The van der Waals surface area contributed by atoms with E-state index < -0.39 is 0 Å². The molecule has 1 aliphatic rings. The van der Waals surface area contributed by atoms with E-state index in [4.69, 9.17) is 5.10 Å². The van der Waals surface area contributed by atoms with Gasteiger partial charge in [0.1, 0.15) is 11.5 Å². The molecule has 0 saturated carbocycles. The number of nitrogens with zero attached hydrogens (tertiary/aromatic N) is 5. The van der Waals surface area contributed by atoms with Crippen LogP contribution in [0.2, 0.25) is 0 Å². The number of aryl methyl sites for hydroxylation is 3. The summed E-state index contributed by atoms with van der Waals surface area (Å²) in [4.78, 5) is 19.1. The summed E-state index contributed by atoms with van der Waals surface area (Å²) in [6.45, 7) is 7.17. The number of aromatic nitrogens is 4. The minimum atomic E-state index is -0.0384. The SMILES string of the molecule is Cc1nc(C(=O)N2Cc3nn(-c4ccc(C)c(C)c4)c(-n4cccc4)c3C2)cs1. The molecular formula is C22H21N5OS. The van der Waals surface area contributed by atoms with Crippen LogP contribution >= 0.6 is 11.3 Å². The van der Waals surface area contributed by atoms with E-state index in [-0.39, 0.29) is 5.91 Å². The Morgan fingerprint density at radius 2 is 1.86 bits per heavy atom. The number of benzene rings is 1. The normalized spacial score (nSPS) is 13.1. The molecule has 4 heterocycles. The van der Waals surface area contributed by atoms with Gasteiger partial charge in [0.15, 0.2) is 0 Å². The summed E-state index contributed by atoms with van der Waals surface area (Å²) in [5.74, 6) is 0.946. The molecule has 146 valence electrons. The van der Waals surface area contributed by atoms with Crippen molar-refractivity contribution in [3.63, 3.8) is 0 Å². The third-order valence-corrected chi connectivity index (χ3v) is 6.21. The zero-order valence-electron chi connectivity index (χ0n) is 16.6. The second kappa shape index (κ2) is 6.70. The lowest BCUT2D eigenvalue weighted by Gasteiger charge is -2.17. The second-order valence-corrected chi connectivity index (χ2v) is 8.49. The number of amides is 1. The Morgan fingerprint density at radius 3 is 2.55 bits per heavy atom. The number of carbonyl (C=O) groups excluding carboxylic acids is 1. The summed E-state index contributed by atoms with van der Waals surface area (Å²) in [6, 6.07) is 10.4. The number of thiazole rings is 1. The van der Waals surface area contributed by atoms with Gasteiger partial charge < -0.3 is 9.47 Å². The Kier molecular flexibility index (Phi) is 4.13. The van der Waals surface area contributed by atoms with Crippen molar-refractivity contribution in [1.82, 2.24) is 24.2 Å². The van der Waals surface area contributed by atoms with Crippen molar-refractivity contribution in [2.24, 2.45) is 0 Å². The van der Waals surface area contributed by atoms with Gasteiger partial charge in [-0.1, -0.05) is 6.07 Å². The van der Waals surface area contributed by atoms with Crippen LogP contribution in [0.5, 0.6) is 0 Å². The first kappa shape index (κ1) is 17.9. The number of rotatable bonds is 3. The Balaban J connectivity index is 1.56. The van der Waals surface area contributed by atoms with Gasteiger partial charge in [-0.3, -0.25) is 4.79 Å². The Bertz CT molecular complexity index is 1220. The lowest BCUT2D eigenvalue weighted by molar-refractivity contribution is 0.0744. The molecule has 1 aromatic carbocycles. The quantitative estimate of drug-likeness (QED) is 0.515. The molecule has 3 aromatic heterocycles. The highest BCUT2D eigenvalue weighted by Crippen LogP contribution is 2.31. The maximum absolute atomic E-state index is 12.9. The van der Waals surface area contributed by atoms with Gasteiger partial charge in [-0.25, -0.2) is 9.67 Å². The van der Waals surface area contributed by atoms with Gasteiger partial charge in [0, 0.05) is 23.3 Å². The van der Waals surface area contributed by atoms with Gasteiger partial charge >= 0.3 is 0 Å². The molecule has 6 nitrogen and oxygen atoms in total. The van der Waals surface area contributed by atoms with E-state index in [1.54, 1.807) is 0 Å². The van der Waals surface area contributed by atoms with E-state index in [1.165, 1.54) is 22.5 Å². The van der Waals surface area contributed by atoms with Crippen LogP contribution in [0.25, 0.3) is 11.5 Å². The fraction of sp³-hybridized carbons (Fsp3) is 0.227. The van der Waals surface area contributed by atoms with Crippen molar-refractivity contribution in [2.75, 3.05) is 0 Å². The molecule has 5 rings (SSSR count). The first-order valence-electron chi connectivity index (χ1n) is 9.54. The van der Waals surface area contributed by atoms with Crippen LogP contribution in [0.1, 0.15) is 37.9 Å². The fourth-order valence-corrected chi connectivity index (χ4v) is 4.33. The van der Waals surface area contributed by atoms with Gasteiger partial charge in [-0.15, -0.1) is 11.3 Å². The molecule has 29 heavy (non-hydrogen) atoms. The van der Waals surface area contributed by atoms with Crippen LogP contribution in [0.3, 0.4) is 0 Å². The highest BCUT2D eigenvalue weighted by Gasteiger charge is 2.32. The third-order valence-electron chi connectivity index (χ3n) is 5.44. The molecule has 7 heteroatoms. The zero-order valence-corrected chi connectivity index (χ0v) is 17.4. The molecule has 0 spiro atoms. The molecule has 0 N–H and O–H groups in total. The summed E-state index contributed by atoms with van der Waals surface area (Å²) in [7, 11) is 0. The summed E-state index contributed by atoms with van der Waals surface area (Å²) in [6.07, 6.45) is 4.03. The number of carbonyl (C=O) groups is 1. The number of hydrogen-bond acceptors (Lipinski definition) is 4. The van der Waals surface area contributed by atoms with Gasteiger partial charge in [-0.05, 0) is 56.2 Å². The van der Waals surface area contributed by atoms with Crippen LogP contribution in [-0.2, 0) is 13.1 Å². The zero-order chi connectivity index (χ0) is 20.1. The van der Waals surface area contributed by atoms with Crippen molar-refractivity contribution in [3.8, 4) is 11.5 Å². The topological polar surface area (TPSA) is 56.0 Å². The molecule has 0 fully saturated rings. The monoisotopic (exact) mass is 403 g/mol. The van der Waals surface area contributed by atoms with Crippen molar-refractivity contribution < 1.29 is 4.79 Å². The van der Waals surface area contributed by atoms with Crippen molar-refractivity contribution >= 4 is 17.2 Å². The fourth-order valence-electron chi connectivity index (χ4n) is 3.75. The predicted molar refractivity (Wildman–Crippen MR) is 113 cm³/mol. The van der Waals surface area contributed by atoms with E-state index in [1.807, 2.05) is 46.4 Å². The third kappa shape index (κ3) is 2.98. The van der Waals surface area contributed by atoms with Crippen LogP contribution < -0.4 is 0 Å². The van der Waals surface area contributed by atoms with E-state index >= 15 is 0 Å². The average Bonchev–Trinajstić information content (AvgIpc) is 3.46. The first-order valence-corrected chi connectivity index (χ1v) is 10.4. The van der Waals surface area contributed by atoms with E-state index in [9.17, 15) is 4.79 Å². The predicted octanol–water partition coefficient (Wildman–Crippen LogP) is 4.20. The van der Waals surface area contributed by atoms with E-state index in [0.717, 1.165) is 27.8 Å². The van der Waals surface area contributed by atoms with Gasteiger partial charge in [-0.2, -0.15) is 5.10 Å². The van der Waals surface area contributed by atoms with E-state index in [0.29, 0.717) is 18.8 Å². The minimum absolute atomic E-state index is 0.0384. The molecular weight excluding hydrogens is 382 g/mol. The first-order chi connectivity index (χ1) is 14.0. The molecule has 0 radical (unpaired) electrons. The summed E-state index contributed by atoms with van der Waals surface area (Å²) in [5, 5.41) is 7.63. The smallest absolute Gasteiger partial charge is 0.273 e. The van der Waals surface area contributed by atoms with Crippen molar-refractivity contribution in [1.29, 1.82) is 0 Å². The molecule has 0 atom stereocenters. The molecule has 1 amide bonds. The Morgan fingerprint density at radius 1 is 1.07 bits per heavy atom. The van der Waals surface area contributed by atoms with Crippen molar-refractivity contribution in [3.05, 3.63) is 81.2 Å². The van der Waals surface area contributed by atoms with Gasteiger partial charge in [0.2, 0.25) is 0 Å². The highest BCUT2D eigenvalue weighted by atomic mass is 32.1. The highest BCUT2D eigenvalue weighted by molar-refractivity contribution is 7.09. The standard InChI is InChI=1S/C22H21N5OS/c1-14-6-7-17(10-15(14)2)27-21(25-8-4-5-9-25)18-11-26(12-19(18)24-27)22(28)20-13-29-16(3)23-20/h4-10,13H,11-12H2,1-3H3. The molecule has 4 aromatic rings. The maximum Gasteiger partial charge on any atom is 0.273 e. The number of fused-ring (bicyclic) bond motifs is 1. The Labute approximate surface area is 173 Å².